The van der Waals surface area contributed by atoms with Gasteiger partial charge in [-0.2, -0.15) is 0 Å². The monoisotopic (exact) mass is 306 g/mol. The average molecular weight is 307 g/mol. The van der Waals surface area contributed by atoms with Crippen molar-refractivity contribution in [3.05, 3.63) is 29.4 Å². The minimum atomic E-state index is -0.371. The Morgan fingerprint density at radius 2 is 1.86 bits per heavy atom. The summed E-state index contributed by atoms with van der Waals surface area (Å²) in [5, 5.41) is 13.2. The molecule has 1 N–H and O–H groups in total. The minimum absolute atomic E-state index is 0.0424. The number of nitrogens with one attached hydrogen (secondary N) is 1. The summed E-state index contributed by atoms with van der Waals surface area (Å²) in [6, 6.07) is 7.22. The number of aromatic nitrogens is 2. The van der Waals surface area contributed by atoms with Gasteiger partial charge in [-0.3, -0.25) is 4.79 Å². The highest BCUT2D eigenvalue weighted by Crippen LogP contribution is 2.26. The first-order valence-electron chi connectivity index (χ1n) is 7.04. The van der Waals surface area contributed by atoms with Crippen LogP contribution in [0.2, 0.25) is 5.15 Å². The maximum Gasteiger partial charge on any atom is 0.244 e. The van der Waals surface area contributed by atoms with Crippen molar-refractivity contribution in [2.24, 2.45) is 0 Å². The van der Waals surface area contributed by atoms with E-state index in [-0.39, 0.29) is 11.9 Å². The Morgan fingerprint density at radius 1 is 1.24 bits per heavy atom. The standard InChI is InChI=1S/C15H19ClN4O/c1-4-20(5-2)15(21)10(3)17-14-12-9-7-6-8-11(12)13(16)18-19-14/h6-10H,4-5H2,1-3H3,(H,17,19). The third-order valence-corrected chi connectivity index (χ3v) is 3.72. The summed E-state index contributed by atoms with van der Waals surface area (Å²) in [6.45, 7) is 7.13. The number of halogens is 1. The Balaban J connectivity index is 2.28. The van der Waals surface area contributed by atoms with Crippen molar-refractivity contribution in [3.8, 4) is 0 Å². The fourth-order valence-electron chi connectivity index (χ4n) is 2.25. The summed E-state index contributed by atoms with van der Waals surface area (Å²) in [6.07, 6.45) is 0. The van der Waals surface area contributed by atoms with Crippen molar-refractivity contribution < 1.29 is 4.79 Å². The molecule has 2 aromatic rings. The normalized spacial score (nSPS) is 12.2. The summed E-state index contributed by atoms with van der Waals surface area (Å²) in [7, 11) is 0. The number of hydrogen-bond donors (Lipinski definition) is 1. The zero-order chi connectivity index (χ0) is 15.4. The van der Waals surface area contributed by atoms with Gasteiger partial charge in [-0.1, -0.05) is 35.9 Å². The first-order chi connectivity index (χ1) is 10.1. The smallest absolute Gasteiger partial charge is 0.244 e. The first kappa shape index (κ1) is 15.5. The van der Waals surface area contributed by atoms with Crippen LogP contribution in [0.25, 0.3) is 10.8 Å². The molecule has 1 amide bonds. The van der Waals surface area contributed by atoms with Gasteiger partial charge in [0.05, 0.1) is 0 Å². The van der Waals surface area contributed by atoms with E-state index in [2.05, 4.69) is 15.5 Å². The zero-order valence-corrected chi connectivity index (χ0v) is 13.2. The highest BCUT2D eigenvalue weighted by Gasteiger charge is 2.19. The molecule has 0 aliphatic carbocycles. The fraction of sp³-hybridized carbons (Fsp3) is 0.400. The highest BCUT2D eigenvalue weighted by molar-refractivity contribution is 6.34. The number of hydrogen-bond acceptors (Lipinski definition) is 4. The molecule has 1 aromatic carbocycles. The van der Waals surface area contributed by atoms with Gasteiger partial charge in [0, 0.05) is 23.9 Å². The van der Waals surface area contributed by atoms with Crippen molar-refractivity contribution >= 4 is 34.1 Å². The van der Waals surface area contributed by atoms with Crippen LogP contribution in [0.3, 0.4) is 0 Å². The largest absolute Gasteiger partial charge is 0.357 e. The summed E-state index contributed by atoms with van der Waals surface area (Å²) in [5.41, 5.74) is 0. The van der Waals surface area contributed by atoms with E-state index in [0.717, 1.165) is 10.8 Å². The molecule has 0 saturated heterocycles. The third-order valence-electron chi connectivity index (χ3n) is 3.44. The van der Waals surface area contributed by atoms with Gasteiger partial charge in [0.15, 0.2) is 11.0 Å². The number of carbonyl (C=O) groups is 1. The maximum atomic E-state index is 12.3. The molecule has 0 radical (unpaired) electrons. The Hall–Kier alpha value is -1.88. The maximum absolute atomic E-state index is 12.3. The quantitative estimate of drug-likeness (QED) is 0.922. The molecular weight excluding hydrogens is 288 g/mol. The first-order valence-corrected chi connectivity index (χ1v) is 7.42. The van der Waals surface area contributed by atoms with Crippen molar-refractivity contribution in [2.75, 3.05) is 18.4 Å². The number of fused-ring (bicyclic) bond motifs is 1. The van der Waals surface area contributed by atoms with Crippen LogP contribution < -0.4 is 5.32 Å². The molecule has 1 unspecified atom stereocenters. The number of nitrogens with zero attached hydrogens (tertiary/aromatic N) is 3. The van der Waals surface area contributed by atoms with Crippen molar-refractivity contribution in [2.45, 2.75) is 26.8 Å². The van der Waals surface area contributed by atoms with Crippen LogP contribution in [-0.2, 0) is 4.79 Å². The number of carbonyl (C=O) groups excluding carboxylic acids is 1. The van der Waals surface area contributed by atoms with E-state index in [1.807, 2.05) is 45.0 Å². The van der Waals surface area contributed by atoms with Crippen LogP contribution in [0.15, 0.2) is 24.3 Å². The lowest BCUT2D eigenvalue weighted by Crippen LogP contribution is -2.41. The van der Waals surface area contributed by atoms with Crippen LogP contribution >= 0.6 is 11.6 Å². The molecule has 0 fully saturated rings. The second-order valence-electron chi connectivity index (χ2n) is 4.76. The number of anilines is 1. The van der Waals surface area contributed by atoms with Crippen LogP contribution in [0.1, 0.15) is 20.8 Å². The van der Waals surface area contributed by atoms with Gasteiger partial charge in [-0.15, -0.1) is 10.2 Å². The Morgan fingerprint density at radius 3 is 2.48 bits per heavy atom. The van der Waals surface area contributed by atoms with Gasteiger partial charge < -0.3 is 10.2 Å². The zero-order valence-electron chi connectivity index (χ0n) is 12.4. The van der Waals surface area contributed by atoms with E-state index < -0.39 is 0 Å². The van der Waals surface area contributed by atoms with E-state index in [0.29, 0.717) is 24.1 Å². The van der Waals surface area contributed by atoms with Gasteiger partial charge in [-0.05, 0) is 20.8 Å². The molecule has 1 aromatic heterocycles. The molecular formula is C15H19ClN4O. The topological polar surface area (TPSA) is 58.1 Å². The lowest BCUT2D eigenvalue weighted by atomic mass is 10.2. The van der Waals surface area contributed by atoms with Gasteiger partial charge in [0.2, 0.25) is 5.91 Å². The molecule has 0 spiro atoms. The van der Waals surface area contributed by atoms with Gasteiger partial charge >= 0.3 is 0 Å². The lowest BCUT2D eigenvalue weighted by molar-refractivity contribution is -0.131. The van der Waals surface area contributed by atoms with E-state index in [1.165, 1.54) is 0 Å². The lowest BCUT2D eigenvalue weighted by Gasteiger charge is -2.24. The molecule has 1 heterocycles. The number of benzene rings is 1. The van der Waals surface area contributed by atoms with Crippen molar-refractivity contribution in [1.29, 1.82) is 0 Å². The summed E-state index contributed by atoms with van der Waals surface area (Å²) >= 11 is 6.05. The predicted molar refractivity (Wildman–Crippen MR) is 85.6 cm³/mol. The third kappa shape index (κ3) is 3.24. The molecule has 1 atom stereocenters. The van der Waals surface area contributed by atoms with Gasteiger partial charge in [0.25, 0.3) is 0 Å². The summed E-state index contributed by atoms with van der Waals surface area (Å²) < 4.78 is 0. The van der Waals surface area contributed by atoms with E-state index in [1.54, 1.807) is 4.90 Å². The number of likely N-dealkylation sites (N-methyl/N-ethyl adjacent to an activating group) is 1. The van der Waals surface area contributed by atoms with E-state index in [9.17, 15) is 4.79 Å². The van der Waals surface area contributed by atoms with Gasteiger partial charge in [0.1, 0.15) is 6.04 Å². The summed E-state index contributed by atoms with van der Waals surface area (Å²) in [4.78, 5) is 14.1. The SMILES string of the molecule is CCN(CC)C(=O)C(C)Nc1nnc(Cl)c2ccccc12. The van der Waals surface area contributed by atoms with Crippen LogP contribution in [0.5, 0.6) is 0 Å². The molecule has 112 valence electrons. The molecule has 5 nitrogen and oxygen atoms in total. The minimum Gasteiger partial charge on any atom is -0.357 e. The number of amides is 1. The molecule has 0 aliphatic heterocycles. The molecule has 0 bridgehead atoms. The number of rotatable bonds is 5. The molecule has 0 saturated carbocycles. The Bertz CT molecular complexity index is 643. The Labute approximate surface area is 129 Å². The molecule has 0 aliphatic rings. The highest BCUT2D eigenvalue weighted by atomic mass is 35.5. The van der Waals surface area contributed by atoms with Crippen LogP contribution in [0.4, 0.5) is 5.82 Å². The molecule has 21 heavy (non-hydrogen) atoms. The van der Waals surface area contributed by atoms with Crippen molar-refractivity contribution in [3.63, 3.8) is 0 Å². The fourth-order valence-corrected chi connectivity index (χ4v) is 2.46. The summed E-state index contributed by atoms with van der Waals surface area (Å²) in [5.74, 6) is 0.615. The average Bonchev–Trinajstić information content (AvgIpc) is 2.51. The predicted octanol–water partition coefficient (Wildman–Crippen LogP) is 2.95. The molecule has 6 heteroatoms. The van der Waals surface area contributed by atoms with Crippen LogP contribution in [-0.4, -0.2) is 40.1 Å². The van der Waals surface area contributed by atoms with E-state index in [4.69, 9.17) is 11.6 Å². The van der Waals surface area contributed by atoms with Crippen molar-refractivity contribution in [1.82, 2.24) is 15.1 Å². The molecule has 2 rings (SSSR count). The van der Waals surface area contributed by atoms with Gasteiger partial charge in [-0.25, -0.2) is 0 Å². The Kier molecular flexibility index (Phi) is 4.96. The van der Waals surface area contributed by atoms with Crippen LogP contribution in [0, 0.1) is 0 Å². The second kappa shape index (κ2) is 6.72. The second-order valence-corrected chi connectivity index (χ2v) is 5.12. The van der Waals surface area contributed by atoms with E-state index >= 15 is 0 Å².